The summed E-state index contributed by atoms with van der Waals surface area (Å²) in [4.78, 5) is 8.73. The van der Waals surface area contributed by atoms with Crippen LogP contribution in [0.5, 0.6) is 0 Å². The molecule has 0 N–H and O–H groups in total. The van der Waals surface area contributed by atoms with Crippen LogP contribution < -0.4 is 34.7 Å². The number of para-hydroxylation sites is 1. The van der Waals surface area contributed by atoms with Crippen molar-refractivity contribution in [2.75, 3.05) is 0 Å². The van der Waals surface area contributed by atoms with E-state index in [4.69, 9.17) is 23.8 Å². The van der Waals surface area contributed by atoms with Gasteiger partial charge in [-0.25, -0.2) is 9.97 Å². The molecule has 0 aliphatic rings. The van der Waals surface area contributed by atoms with Crippen LogP contribution in [0.2, 0.25) is 5.15 Å². The third kappa shape index (κ3) is 3.16. The van der Waals surface area contributed by atoms with E-state index in [1.54, 1.807) is 16.8 Å². The fraction of sp³-hybridized carbons (Fsp3) is 0. The topological polar surface area (TPSA) is 57.7 Å². The second kappa shape index (κ2) is 7.13. The van der Waals surface area contributed by atoms with Crippen LogP contribution in [0.1, 0.15) is 0 Å². The summed E-state index contributed by atoms with van der Waals surface area (Å²) in [6.07, 6.45) is 1.63. The Bertz CT molecular complexity index is 1060. The number of halogens is 1. The van der Waals surface area contributed by atoms with Crippen molar-refractivity contribution < 1.29 is 29.6 Å². The summed E-state index contributed by atoms with van der Waals surface area (Å²) in [7, 11) is 0. The Labute approximate surface area is 170 Å². The molecule has 8 heteroatoms. The molecule has 0 aliphatic heterocycles. The molecule has 4 aromatic rings. The molecule has 3 aromatic heterocycles. The Morgan fingerprint density at radius 1 is 1.04 bits per heavy atom. The maximum absolute atomic E-state index is 5.84. The van der Waals surface area contributed by atoms with Gasteiger partial charge in [0, 0.05) is 16.4 Å². The van der Waals surface area contributed by atoms with Crippen molar-refractivity contribution in [3.8, 4) is 17.2 Å². The Balaban J connectivity index is 0.00000169. The zero-order chi connectivity index (χ0) is 15.8. The fourth-order valence-corrected chi connectivity index (χ4v) is 2.70. The van der Waals surface area contributed by atoms with Crippen LogP contribution in [-0.2, 0) is 0 Å². The predicted molar refractivity (Wildman–Crippen MR) is 91.3 cm³/mol. The molecule has 0 saturated heterocycles. The first kappa shape index (κ1) is 17.3. The van der Waals surface area contributed by atoms with Gasteiger partial charge in [0.2, 0.25) is 0 Å². The molecule has 0 aliphatic carbocycles. The molecule has 0 unspecified atom stereocenters. The molecular formula is C16H9ClN5NaS. The first-order valence-corrected chi connectivity index (χ1v) is 7.61. The minimum atomic E-state index is 0. The molecule has 112 valence electrons. The van der Waals surface area contributed by atoms with Gasteiger partial charge in [0.25, 0.3) is 0 Å². The van der Waals surface area contributed by atoms with E-state index in [2.05, 4.69) is 20.2 Å². The SMILES string of the molecule is S=c1[n-]nc(-c2ccc3ccccc3n2)n1-c1ccc(Cl)nc1.[Na+]. The first-order chi connectivity index (χ1) is 11.2. The molecule has 0 saturated carbocycles. The van der Waals surface area contributed by atoms with Crippen LogP contribution in [0.4, 0.5) is 0 Å². The normalized spacial score (nSPS) is 10.5. The Hall–Kier alpha value is -1.57. The van der Waals surface area contributed by atoms with E-state index < -0.39 is 0 Å². The van der Waals surface area contributed by atoms with Crippen molar-refractivity contribution in [1.29, 1.82) is 0 Å². The summed E-state index contributed by atoms with van der Waals surface area (Å²) in [5.74, 6) is 0.574. The van der Waals surface area contributed by atoms with Crippen LogP contribution in [0.25, 0.3) is 28.1 Å². The van der Waals surface area contributed by atoms with Gasteiger partial charge in [-0.15, -0.1) is 0 Å². The van der Waals surface area contributed by atoms with Crippen molar-refractivity contribution >= 4 is 34.7 Å². The van der Waals surface area contributed by atoms with Crippen LogP contribution in [0, 0.1) is 4.77 Å². The van der Waals surface area contributed by atoms with E-state index in [0.29, 0.717) is 21.4 Å². The van der Waals surface area contributed by atoms with Gasteiger partial charge in [0.15, 0.2) is 0 Å². The van der Waals surface area contributed by atoms with E-state index in [1.165, 1.54) is 0 Å². The van der Waals surface area contributed by atoms with E-state index in [9.17, 15) is 0 Å². The first-order valence-electron chi connectivity index (χ1n) is 6.83. The van der Waals surface area contributed by atoms with Gasteiger partial charge in [0.05, 0.1) is 17.0 Å². The van der Waals surface area contributed by atoms with Crippen molar-refractivity contribution in [1.82, 2.24) is 24.7 Å². The minimum absolute atomic E-state index is 0. The summed E-state index contributed by atoms with van der Waals surface area (Å²) in [5, 5.41) is 9.65. The van der Waals surface area contributed by atoms with Crippen molar-refractivity contribution in [2.45, 2.75) is 0 Å². The summed E-state index contributed by atoms with van der Waals surface area (Å²) < 4.78 is 2.08. The van der Waals surface area contributed by atoms with Gasteiger partial charge in [-0.3, -0.25) is 5.10 Å². The summed E-state index contributed by atoms with van der Waals surface area (Å²) in [5.41, 5.74) is 2.33. The van der Waals surface area contributed by atoms with Crippen molar-refractivity contribution in [3.63, 3.8) is 0 Å². The molecular weight excluding hydrogens is 353 g/mol. The number of hydrogen-bond donors (Lipinski definition) is 0. The molecule has 1 aromatic carbocycles. The van der Waals surface area contributed by atoms with Gasteiger partial charge < -0.3 is 9.67 Å². The second-order valence-corrected chi connectivity index (χ2v) is 5.62. The smallest absolute Gasteiger partial charge is 0.388 e. The number of nitrogens with zero attached hydrogens (tertiary/aromatic N) is 5. The van der Waals surface area contributed by atoms with E-state index in [0.717, 1.165) is 16.6 Å². The summed E-state index contributed by atoms with van der Waals surface area (Å²) >= 11 is 11.1. The monoisotopic (exact) mass is 361 g/mol. The molecule has 0 amide bonds. The van der Waals surface area contributed by atoms with E-state index >= 15 is 0 Å². The average molecular weight is 362 g/mol. The summed E-state index contributed by atoms with van der Waals surface area (Å²) in [6.45, 7) is 0. The van der Waals surface area contributed by atoms with Crippen LogP contribution in [-0.4, -0.2) is 19.6 Å². The van der Waals surface area contributed by atoms with Gasteiger partial charge in [0.1, 0.15) is 5.15 Å². The number of fused-ring (bicyclic) bond motifs is 1. The average Bonchev–Trinajstić information content (AvgIpc) is 2.97. The molecule has 0 spiro atoms. The van der Waals surface area contributed by atoms with E-state index in [-0.39, 0.29) is 29.6 Å². The Morgan fingerprint density at radius 2 is 1.88 bits per heavy atom. The van der Waals surface area contributed by atoms with Gasteiger partial charge in [-0.05, 0) is 23.9 Å². The van der Waals surface area contributed by atoms with Gasteiger partial charge in [-0.2, -0.15) is 0 Å². The molecule has 0 fully saturated rings. The largest absolute Gasteiger partial charge is 1.00 e. The number of rotatable bonds is 2. The van der Waals surface area contributed by atoms with Crippen LogP contribution in [0.15, 0.2) is 54.7 Å². The molecule has 24 heavy (non-hydrogen) atoms. The predicted octanol–water partition coefficient (Wildman–Crippen LogP) is 0.827. The van der Waals surface area contributed by atoms with Crippen molar-refractivity contribution in [3.05, 3.63) is 64.7 Å². The summed E-state index contributed by atoms with van der Waals surface area (Å²) in [6, 6.07) is 15.3. The second-order valence-electron chi connectivity index (χ2n) is 4.87. The quantitative estimate of drug-likeness (QED) is 0.301. The zero-order valence-electron chi connectivity index (χ0n) is 12.7. The Morgan fingerprint density at radius 3 is 2.67 bits per heavy atom. The zero-order valence-corrected chi connectivity index (χ0v) is 16.3. The number of benzene rings is 1. The van der Waals surface area contributed by atoms with Crippen LogP contribution in [0.3, 0.4) is 0 Å². The fourth-order valence-electron chi connectivity index (χ4n) is 2.36. The van der Waals surface area contributed by atoms with Gasteiger partial charge >= 0.3 is 29.6 Å². The molecule has 3 heterocycles. The maximum atomic E-state index is 5.84. The molecule has 0 radical (unpaired) electrons. The van der Waals surface area contributed by atoms with Crippen molar-refractivity contribution in [2.24, 2.45) is 0 Å². The number of aromatic nitrogens is 5. The third-order valence-electron chi connectivity index (χ3n) is 3.43. The minimum Gasteiger partial charge on any atom is -0.388 e. The van der Waals surface area contributed by atoms with Crippen LogP contribution >= 0.6 is 23.8 Å². The molecule has 4 rings (SSSR count). The third-order valence-corrected chi connectivity index (χ3v) is 3.92. The maximum Gasteiger partial charge on any atom is 1.00 e. The van der Waals surface area contributed by atoms with E-state index in [1.807, 2.05) is 42.5 Å². The Kier molecular flexibility index (Phi) is 5.12. The molecule has 0 bridgehead atoms. The standard InChI is InChI=1S/C16H10ClN5S.Na/c17-14-8-6-11(9-18-14)22-15(20-21-16(22)23)13-7-5-10-3-1-2-4-12(10)19-13;/h1-9H,(H,19,21,23);/q;+1/p-1. The number of pyridine rings is 2. The van der Waals surface area contributed by atoms with Gasteiger partial charge in [-0.1, -0.05) is 54.2 Å². The molecule has 5 nitrogen and oxygen atoms in total. The molecule has 0 atom stereocenters. The number of hydrogen-bond acceptors (Lipinski definition) is 4.